The van der Waals surface area contributed by atoms with Crippen LogP contribution in [-0.4, -0.2) is 37.1 Å². The molecular weight excluding hydrogens is 202 g/mol. The number of hydrogen-bond donors (Lipinski definition) is 1. The first-order chi connectivity index (χ1) is 7.86. The maximum atomic E-state index is 5.23. The van der Waals surface area contributed by atoms with Crippen LogP contribution in [0.15, 0.2) is 30.5 Å². The summed E-state index contributed by atoms with van der Waals surface area (Å²) in [7, 11) is 3.66. The van der Waals surface area contributed by atoms with Crippen LogP contribution in [0.3, 0.4) is 0 Å². The number of likely N-dealkylation sites (N-methyl/N-ethyl adjacent to an activating group) is 1. The summed E-state index contributed by atoms with van der Waals surface area (Å²) in [6.07, 6.45) is 1.90. The van der Waals surface area contributed by atoms with Crippen LogP contribution in [-0.2, 0) is 4.74 Å². The molecule has 0 radical (unpaired) electrons. The second-order valence-electron chi connectivity index (χ2n) is 3.81. The smallest absolute Gasteiger partial charge is 0.0883 e. The average molecular weight is 219 g/mol. The molecule has 0 aliphatic carbocycles. The van der Waals surface area contributed by atoms with Crippen LogP contribution in [0.25, 0.3) is 10.9 Å². The summed E-state index contributed by atoms with van der Waals surface area (Å²) in [6.45, 7) is 1.51. The van der Waals surface area contributed by atoms with Crippen molar-refractivity contribution in [2.24, 2.45) is 0 Å². The third kappa shape index (κ3) is 2.08. The first-order valence-electron chi connectivity index (χ1n) is 5.42. The zero-order valence-electron chi connectivity index (χ0n) is 9.68. The number of benzene rings is 1. The zero-order chi connectivity index (χ0) is 11.4. The van der Waals surface area contributed by atoms with Gasteiger partial charge in [-0.1, -0.05) is 18.2 Å². The maximum absolute atomic E-state index is 5.23. The first kappa shape index (κ1) is 11.1. The number of para-hydroxylation sites is 1. The summed E-state index contributed by atoms with van der Waals surface area (Å²) in [5.41, 5.74) is 1.15. The van der Waals surface area contributed by atoms with Gasteiger partial charge in [0, 0.05) is 19.0 Å². The van der Waals surface area contributed by atoms with E-state index in [1.807, 2.05) is 30.1 Å². The van der Waals surface area contributed by atoms with Gasteiger partial charge in [0.1, 0.15) is 0 Å². The van der Waals surface area contributed by atoms with Crippen LogP contribution < -0.4 is 5.32 Å². The maximum Gasteiger partial charge on any atom is 0.0883 e. The van der Waals surface area contributed by atoms with Gasteiger partial charge in [-0.25, -0.2) is 0 Å². The SMILES string of the molecule is CNCC(COC)n1ncc2ccccc21. The third-order valence-electron chi connectivity index (χ3n) is 2.65. The van der Waals surface area contributed by atoms with E-state index in [4.69, 9.17) is 4.74 Å². The quantitative estimate of drug-likeness (QED) is 0.827. The number of rotatable bonds is 5. The molecule has 86 valence electrons. The van der Waals surface area contributed by atoms with E-state index in [1.54, 1.807) is 7.11 Å². The average Bonchev–Trinajstić information content (AvgIpc) is 2.72. The van der Waals surface area contributed by atoms with E-state index in [2.05, 4.69) is 22.5 Å². The van der Waals surface area contributed by atoms with Crippen molar-refractivity contribution in [2.45, 2.75) is 6.04 Å². The molecule has 1 N–H and O–H groups in total. The van der Waals surface area contributed by atoms with Crippen molar-refractivity contribution in [2.75, 3.05) is 27.3 Å². The van der Waals surface area contributed by atoms with Crippen LogP contribution in [0.5, 0.6) is 0 Å². The molecule has 0 aliphatic heterocycles. The van der Waals surface area contributed by atoms with E-state index >= 15 is 0 Å². The summed E-state index contributed by atoms with van der Waals surface area (Å²) < 4.78 is 7.25. The molecule has 2 rings (SSSR count). The lowest BCUT2D eigenvalue weighted by Gasteiger charge is -2.17. The Morgan fingerprint density at radius 2 is 2.25 bits per heavy atom. The minimum atomic E-state index is 0.231. The highest BCUT2D eigenvalue weighted by atomic mass is 16.5. The van der Waals surface area contributed by atoms with E-state index in [0.29, 0.717) is 6.61 Å². The Morgan fingerprint density at radius 1 is 1.44 bits per heavy atom. The lowest BCUT2D eigenvalue weighted by atomic mass is 10.2. The van der Waals surface area contributed by atoms with Crippen LogP contribution >= 0.6 is 0 Å². The van der Waals surface area contributed by atoms with E-state index in [9.17, 15) is 0 Å². The highest BCUT2D eigenvalue weighted by molar-refractivity contribution is 5.78. The number of fused-ring (bicyclic) bond motifs is 1. The lowest BCUT2D eigenvalue weighted by molar-refractivity contribution is 0.151. The number of ether oxygens (including phenoxy) is 1. The molecule has 4 nitrogen and oxygen atoms in total. The minimum absolute atomic E-state index is 0.231. The van der Waals surface area contributed by atoms with Crippen LogP contribution in [0.4, 0.5) is 0 Å². The predicted molar refractivity (Wildman–Crippen MR) is 64.6 cm³/mol. The zero-order valence-corrected chi connectivity index (χ0v) is 9.68. The lowest BCUT2D eigenvalue weighted by Crippen LogP contribution is -2.26. The number of nitrogens with zero attached hydrogens (tertiary/aromatic N) is 2. The van der Waals surface area contributed by atoms with Gasteiger partial charge in [0.15, 0.2) is 0 Å². The first-order valence-corrected chi connectivity index (χ1v) is 5.42. The van der Waals surface area contributed by atoms with E-state index in [0.717, 1.165) is 12.1 Å². The van der Waals surface area contributed by atoms with Gasteiger partial charge in [-0.2, -0.15) is 5.10 Å². The molecule has 1 heterocycles. The van der Waals surface area contributed by atoms with Gasteiger partial charge in [-0.15, -0.1) is 0 Å². The molecule has 0 saturated heterocycles. The monoisotopic (exact) mass is 219 g/mol. The largest absolute Gasteiger partial charge is 0.382 e. The molecule has 1 atom stereocenters. The van der Waals surface area contributed by atoms with Crippen molar-refractivity contribution < 1.29 is 4.74 Å². The second-order valence-corrected chi connectivity index (χ2v) is 3.81. The normalized spacial score (nSPS) is 13.1. The summed E-state index contributed by atoms with van der Waals surface area (Å²) >= 11 is 0. The van der Waals surface area contributed by atoms with E-state index in [-0.39, 0.29) is 6.04 Å². The molecule has 0 bridgehead atoms. The highest BCUT2D eigenvalue weighted by Gasteiger charge is 2.13. The number of hydrogen-bond acceptors (Lipinski definition) is 3. The highest BCUT2D eigenvalue weighted by Crippen LogP contribution is 2.17. The molecule has 16 heavy (non-hydrogen) atoms. The van der Waals surface area contributed by atoms with Crippen molar-refractivity contribution in [3.05, 3.63) is 30.5 Å². The van der Waals surface area contributed by atoms with E-state index in [1.165, 1.54) is 5.39 Å². The summed E-state index contributed by atoms with van der Waals surface area (Å²) in [5, 5.41) is 8.76. The summed E-state index contributed by atoms with van der Waals surface area (Å²) in [5.74, 6) is 0. The molecule has 4 heteroatoms. The van der Waals surface area contributed by atoms with Crippen molar-refractivity contribution in [1.82, 2.24) is 15.1 Å². The van der Waals surface area contributed by atoms with Crippen molar-refractivity contribution >= 4 is 10.9 Å². The number of nitrogens with one attached hydrogen (secondary N) is 1. The molecule has 1 unspecified atom stereocenters. The Balaban J connectivity index is 2.36. The Bertz CT molecular complexity index is 446. The van der Waals surface area contributed by atoms with Crippen molar-refractivity contribution in [3.8, 4) is 0 Å². The fraction of sp³-hybridized carbons (Fsp3) is 0.417. The Morgan fingerprint density at radius 3 is 3.00 bits per heavy atom. The van der Waals surface area contributed by atoms with E-state index < -0.39 is 0 Å². The fourth-order valence-electron chi connectivity index (χ4n) is 1.93. The minimum Gasteiger partial charge on any atom is -0.382 e. The summed E-state index contributed by atoms with van der Waals surface area (Å²) in [4.78, 5) is 0. The van der Waals surface area contributed by atoms with Gasteiger partial charge in [0.2, 0.25) is 0 Å². The third-order valence-corrected chi connectivity index (χ3v) is 2.65. The van der Waals surface area contributed by atoms with Crippen molar-refractivity contribution in [1.29, 1.82) is 0 Å². The fourth-order valence-corrected chi connectivity index (χ4v) is 1.93. The van der Waals surface area contributed by atoms with Gasteiger partial charge >= 0.3 is 0 Å². The van der Waals surface area contributed by atoms with Gasteiger partial charge in [-0.3, -0.25) is 4.68 Å². The summed E-state index contributed by atoms with van der Waals surface area (Å²) in [6, 6.07) is 8.44. The van der Waals surface area contributed by atoms with Crippen molar-refractivity contribution in [3.63, 3.8) is 0 Å². The predicted octanol–water partition coefficient (Wildman–Crippen LogP) is 1.44. The van der Waals surface area contributed by atoms with Gasteiger partial charge in [0.05, 0.1) is 24.4 Å². The molecule has 0 fully saturated rings. The molecule has 0 saturated carbocycles. The van der Waals surface area contributed by atoms with Gasteiger partial charge in [-0.05, 0) is 13.1 Å². The topological polar surface area (TPSA) is 39.1 Å². The molecule has 2 aromatic rings. The molecule has 0 aliphatic rings. The number of aromatic nitrogens is 2. The molecule has 1 aromatic heterocycles. The second kappa shape index (κ2) is 5.09. The molecule has 0 amide bonds. The standard InChI is InChI=1S/C12H17N3O/c1-13-8-11(9-16-2)15-12-6-4-3-5-10(12)7-14-15/h3-7,11,13H,8-9H2,1-2H3. The van der Waals surface area contributed by atoms with Gasteiger partial charge in [0.25, 0.3) is 0 Å². The molecular formula is C12H17N3O. The van der Waals surface area contributed by atoms with Crippen LogP contribution in [0, 0.1) is 0 Å². The van der Waals surface area contributed by atoms with Crippen LogP contribution in [0.2, 0.25) is 0 Å². The van der Waals surface area contributed by atoms with Gasteiger partial charge < -0.3 is 10.1 Å². The van der Waals surface area contributed by atoms with Crippen LogP contribution in [0.1, 0.15) is 6.04 Å². The Kier molecular flexibility index (Phi) is 3.54. The molecule has 0 spiro atoms. The Labute approximate surface area is 95.2 Å². The number of methoxy groups -OCH3 is 1. The Hall–Kier alpha value is -1.39. The molecule has 1 aromatic carbocycles.